The molecule has 2 N–H and O–H groups in total. The van der Waals surface area contributed by atoms with Gasteiger partial charge in [0.2, 0.25) is 5.91 Å². The van der Waals surface area contributed by atoms with Gasteiger partial charge in [0.25, 0.3) is 0 Å². The molecule has 0 radical (unpaired) electrons. The summed E-state index contributed by atoms with van der Waals surface area (Å²) in [7, 11) is 0. The van der Waals surface area contributed by atoms with E-state index in [0.29, 0.717) is 12.1 Å². The number of carbonyl (C=O) groups excluding carboxylic acids is 1. The van der Waals surface area contributed by atoms with Crippen molar-refractivity contribution in [2.24, 2.45) is 5.73 Å². The number of nitriles is 1. The molecule has 1 rings (SSSR count). The Hall–Kier alpha value is -1.67. The average molecular weight is 263 g/mol. The minimum absolute atomic E-state index is 0.130. The Kier molecular flexibility index (Phi) is 5.53. The number of hydrogen-bond donors (Lipinski definition) is 1. The van der Waals surface area contributed by atoms with Crippen LogP contribution in [0.15, 0.2) is 23.1 Å². The Morgan fingerprint density at radius 2 is 2.22 bits per heavy atom. The molecule has 96 valence electrons. The zero-order valence-electron chi connectivity index (χ0n) is 10.6. The SMILES string of the molecule is CCSc1cccc(N(CC)CC(N)=O)c1C#N. The van der Waals surface area contributed by atoms with Crippen molar-refractivity contribution in [3.63, 3.8) is 0 Å². The van der Waals surface area contributed by atoms with Crippen LogP contribution in [0.3, 0.4) is 0 Å². The Bertz CT molecular complexity index is 468. The number of nitrogens with two attached hydrogens (primary N) is 1. The molecule has 0 fully saturated rings. The first-order valence-corrected chi connectivity index (χ1v) is 6.81. The van der Waals surface area contributed by atoms with E-state index < -0.39 is 5.91 Å². The predicted molar refractivity (Wildman–Crippen MR) is 74.6 cm³/mol. The highest BCUT2D eigenvalue weighted by atomic mass is 32.2. The molecule has 0 bridgehead atoms. The van der Waals surface area contributed by atoms with Gasteiger partial charge in [-0.2, -0.15) is 5.26 Å². The smallest absolute Gasteiger partial charge is 0.236 e. The van der Waals surface area contributed by atoms with Gasteiger partial charge >= 0.3 is 0 Å². The molecule has 0 saturated carbocycles. The highest BCUT2D eigenvalue weighted by Crippen LogP contribution is 2.30. The first-order chi connectivity index (χ1) is 8.63. The lowest BCUT2D eigenvalue weighted by atomic mass is 10.1. The average Bonchev–Trinajstić information content (AvgIpc) is 2.36. The summed E-state index contributed by atoms with van der Waals surface area (Å²) < 4.78 is 0. The number of hydrogen-bond acceptors (Lipinski definition) is 4. The number of rotatable bonds is 6. The quantitative estimate of drug-likeness (QED) is 0.797. The maximum absolute atomic E-state index is 11.0. The maximum Gasteiger partial charge on any atom is 0.236 e. The van der Waals surface area contributed by atoms with Crippen molar-refractivity contribution < 1.29 is 4.79 Å². The molecule has 0 unspecified atom stereocenters. The molecular weight excluding hydrogens is 246 g/mol. The molecule has 0 aliphatic heterocycles. The summed E-state index contributed by atoms with van der Waals surface area (Å²) in [5.41, 5.74) is 6.62. The van der Waals surface area contributed by atoms with Crippen LogP contribution in [-0.2, 0) is 4.79 Å². The van der Waals surface area contributed by atoms with Gasteiger partial charge in [0.1, 0.15) is 6.07 Å². The molecule has 1 aromatic rings. The summed E-state index contributed by atoms with van der Waals surface area (Å²) >= 11 is 1.62. The van der Waals surface area contributed by atoms with Gasteiger partial charge in [-0.25, -0.2) is 0 Å². The lowest BCUT2D eigenvalue weighted by molar-refractivity contribution is -0.116. The predicted octanol–water partition coefficient (Wildman–Crippen LogP) is 1.98. The Morgan fingerprint density at radius 1 is 1.50 bits per heavy atom. The van der Waals surface area contributed by atoms with Crippen LogP contribution in [0.1, 0.15) is 19.4 Å². The first kappa shape index (κ1) is 14.4. The number of primary amides is 1. The summed E-state index contributed by atoms with van der Waals surface area (Å²) in [6.45, 7) is 4.74. The zero-order chi connectivity index (χ0) is 13.5. The van der Waals surface area contributed by atoms with Gasteiger partial charge in [-0.15, -0.1) is 11.8 Å². The normalized spacial score (nSPS) is 9.83. The van der Waals surface area contributed by atoms with Crippen molar-refractivity contribution in [1.29, 1.82) is 5.26 Å². The number of carbonyl (C=O) groups is 1. The number of nitrogens with zero attached hydrogens (tertiary/aromatic N) is 2. The van der Waals surface area contributed by atoms with Crippen LogP contribution >= 0.6 is 11.8 Å². The standard InChI is InChI=1S/C13H17N3OS/c1-3-16(9-13(15)17)11-6-5-7-12(18-4-2)10(11)8-14/h5-7H,3-4,9H2,1-2H3,(H2,15,17). The Labute approximate surface area is 112 Å². The number of anilines is 1. The van der Waals surface area contributed by atoms with Crippen LogP contribution in [0.2, 0.25) is 0 Å². The summed E-state index contributed by atoms with van der Waals surface area (Å²) in [6.07, 6.45) is 0. The number of likely N-dealkylation sites (N-methyl/N-ethyl adjacent to an activating group) is 1. The van der Waals surface area contributed by atoms with Crippen LogP contribution in [0.4, 0.5) is 5.69 Å². The van der Waals surface area contributed by atoms with Crippen LogP contribution in [0.25, 0.3) is 0 Å². The number of benzene rings is 1. The number of thioether (sulfide) groups is 1. The van der Waals surface area contributed by atoms with E-state index in [4.69, 9.17) is 5.73 Å². The fourth-order valence-electron chi connectivity index (χ4n) is 1.73. The number of amides is 1. The topological polar surface area (TPSA) is 70.1 Å². The van der Waals surface area contributed by atoms with Crippen molar-refractivity contribution >= 4 is 23.4 Å². The van der Waals surface area contributed by atoms with Crippen molar-refractivity contribution in [3.05, 3.63) is 23.8 Å². The van der Waals surface area contributed by atoms with E-state index in [1.54, 1.807) is 11.8 Å². The van der Waals surface area contributed by atoms with Gasteiger partial charge < -0.3 is 10.6 Å². The van der Waals surface area contributed by atoms with E-state index in [2.05, 4.69) is 6.07 Å². The Balaban J connectivity index is 3.17. The van der Waals surface area contributed by atoms with Crippen molar-refractivity contribution in [3.8, 4) is 6.07 Å². The highest BCUT2D eigenvalue weighted by molar-refractivity contribution is 7.99. The summed E-state index contributed by atoms with van der Waals surface area (Å²) in [6, 6.07) is 7.90. The second-order valence-electron chi connectivity index (χ2n) is 3.68. The molecule has 4 nitrogen and oxygen atoms in total. The highest BCUT2D eigenvalue weighted by Gasteiger charge is 2.14. The lowest BCUT2D eigenvalue weighted by Crippen LogP contribution is -2.34. The minimum atomic E-state index is -0.394. The van der Waals surface area contributed by atoms with E-state index in [1.807, 2.05) is 36.9 Å². The van der Waals surface area contributed by atoms with Gasteiger partial charge in [-0.1, -0.05) is 13.0 Å². The molecule has 5 heteroatoms. The summed E-state index contributed by atoms with van der Waals surface area (Å²) in [5, 5.41) is 9.30. The van der Waals surface area contributed by atoms with E-state index in [1.165, 1.54) is 0 Å². The fourth-order valence-corrected chi connectivity index (χ4v) is 2.51. The second-order valence-corrected chi connectivity index (χ2v) is 4.98. The first-order valence-electron chi connectivity index (χ1n) is 5.83. The second kappa shape index (κ2) is 6.92. The molecule has 0 heterocycles. The van der Waals surface area contributed by atoms with Gasteiger partial charge in [0.15, 0.2) is 0 Å². The lowest BCUT2D eigenvalue weighted by Gasteiger charge is -2.23. The zero-order valence-corrected chi connectivity index (χ0v) is 11.5. The third kappa shape index (κ3) is 3.41. The van der Waals surface area contributed by atoms with Gasteiger partial charge in [0, 0.05) is 11.4 Å². The van der Waals surface area contributed by atoms with E-state index in [-0.39, 0.29) is 6.54 Å². The van der Waals surface area contributed by atoms with Crippen LogP contribution < -0.4 is 10.6 Å². The molecular formula is C13H17N3OS. The molecule has 0 aliphatic carbocycles. The van der Waals surface area contributed by atoms with Crippen LogP contribution in [0, 0.1) is 11.3 Å². The van der Waals surface area contributed by atoms with E-state index >= 15 is 0 Å². The largest absolute Gasteiger partial charge is 0.368 e. The van der Waals surface area contributed by atoms with Crippen molar-refractivity contribution in [2.45, 2.75) is 18.7 Å². The summed E-state index contributed by atoms with van der Waals surface area (Å²) in [4.78, 5) is 13.8. The van der Waals surface area contributed by atoms with Gasteiger partial charge in [0.05, 0.1) is 17.8 Å². The third-order valence-corrected chi connectivity index (χ3v) is 3.42. The Morgan fingerprint density at radius 3 is 2.72 bits per heavy atom. The van der Waals surface area contributed by atoms with E-state index in [0.717, 1.165) is 16.3 Å². The maximum atomic E-state index is 11.0. The molecule has 1 aromatic carbocycles. The molecule has 18 heavy (non-hydrogen) atoms. The van der Waals surface area contributed by atoms with Gasteiger partial charge in [-0.3, -0.25) is 4.79 Å². The molecule has 0 spiro atoms. The third-order valence-electron chi connectivity index (χ3n) is 2.48. The molecule has 0 saturated heterocycles. The molecule has 0 aromatic heterocycles. The van der Waals surface area contributed by atoms with Gasteiger partial charge in [-0.05, 0) is 24.8 Å². The van der Waals surface area contributed by atoms with Crippen molar-refractivity contribution in [1.82, 2.24) is 0 Å². The minimum Gasteiger partial charge on any atom is -0.368 e. The van der Waals surface area contributed by atoms with Crippen LogP contribution in [0.5, 0.6) is 0 Å². The summed E-state index contributed by atoms with van der Waals surface area (Å²) in [5.74, 6) is 0.509. The van der Waals surface area contributed by atoms with E-state index in [9.17, 15) is 10.1 Å². The van der Waals surface area contributed by atoms with Crippen molar-refractivity contribution in [2.75, 3.05) is 23.7 Å². The fraction of sp³-hybridized carbons (Fsp3) is 0.385. The van der Waals surface area contributed by atoms with Crippen LogP contribution in [-0.4, -0.2) is 24.7 Å². The molecule has 0 atom stereocenters. The molecule has 1 amide bonds. The monoisotopic (exact) mass is 263 g/mol. The molecule has 0 aliphatic rings.